The first-order valence-electron chi connectivity index (χ1n) is 5.90. The molecule has 7 heteroatoms. The molecule has 0 aromatic heterocycles. The molecule has 1 aromatic rings. The van der Waals surface area contributed by atoms with Crippen molar-refractivity contribution >= 4 is 29.5 Å². The van der Waals surface area contributed by atoms with Crippen LogP contribution in [0, 0.1) is 0 Å². The molecule has 1 rings (SSSR count). The molecular weight excluding hydrogens is 284 g/mol. The van der Waals surface area contributed by atoms with Crippen molar-refractivity contribution in [1.29, 1.82) is 0 Å². The Labute approximate surface area is 121 Å². The van der Waals surface area contributed by atoms with E-state index in [2.05, 4.69) is 5.32 Å². The maximum absolute atomic E-state index is 11.7. The lowest BCUT2D eigenvalue weighted by Gasteiger charge is -2.18. The van der Waals surface area contributed by atoms with Gasteiger partial charge < -0.3 is 10.0 Å². The van der Waals surface area contributed by atoms with Gasteiger partial charge in [-0.3, -0.25) is 14.9 Å². The van der Waals surface area contributed by atoms with Crippen LogP contribution in [0.3, 0.4) is 0 Å². The highest BCUT2D eigenvalue weighted by Crippen LogP contribution is 2.16. The zero-order chi connectivity index (χ0) is 15.1. The highest BCUT2D eigenvalue weighted by atomic mass is 35.5. The average molecular weight is 299 g/mol. The van der Waals surface area contributed by atoms with E-state index in [4.69, 9.17) is 16.7 Å². The number of carbonyl (C=O) groups is 3. The number of nitrogens with zero attached hydrogens (tertiary/aromatic N) is 1. The number of benzene rings is 1. The molecule has 108 valence electrons. The van der Waals surface area contributed by atoms with Crippen molar-refractivity contribution in [3.8, 4) is 0 Å². The molecule has 0 radical (unpaired) electrons. The minimum Gasteiger partial charge on any atom is -0.481 e. The van der Waals surface area contributed by atoms with E-state index in [-0.39, 0.29) is 19.4 Å². The average Bonchev–Trinajstić information content (AvgIpc) is 2.39. The van der Waals surface area contributed by atoms with Crippen molar-refractivity contribution in [3.05, 3.63) is 34.9 Å². The Hall–Kier alpha value is -2.08. The molecule has 0 atom stereocenters. The second-order valence-electron chi connectivity index (χ2n) is 4.19. The fraction of sp³-hybridized carbons (Fsp3) is 0.308. The summed E-state index contributed by atoms with van der Waals surface area (Å²) in [6.45, 7) is 0.248. The highest BCUT2D eigenvalue weighted by Gasteiger charge is 2.14. The second kappa shape index (κ2) is 7.49. The van der Waals surface area contributed by atoms with Crippen LogP contribution in [0.15, 0.2) is 24.3 Å². The standard InChI is InChI=1S/C13H15ClN2O4/c1-16(8-9-4-2-3-5-10(9)14)13(20)15-11(17)6-7-12(18)19/h2-5H,6-8H2,1H3,(H,18,19)(H,15,17,20). The topological polar surface area (TPSA) is 86.7 Å². The first kappa shape index (κ1) is 16.0. The quantitative estimate of drug-likeness (QED) is 0.869. The molecule has 0 aliphatic heterocycles. The lowest BCUT2D eigenvalue weighted by atomic mass is 10.2. The van der Waals surface area contributed by atoms with Crippen LogP contribution in [-0.4, -0.2) is 35.0 Å². The fourth-order valence-electron chi connectivity index (χ4n) is 1.45. The van der Waals surface area contributed by atoms with Crippen molar-refractivity contribution in [2.24, 2.45) is 0 Å². The van der Waals surface area contributed by atoms with E-state index in [1.54, 1.807) is 24.3 Å². The van der Waals surface area contributed by atoms with Crippen molar-refractivity contribution in [2.45, 2.75) is 19.4 Å². The summed E-state index contributed by atoms with van der Waals surface area (Å²) in [7, 11) is 1.52. The molecule has 6 nitrogen and oxygen atoms in total. The van der Waals surface area contributed by atoms with E-state index in [1.165, 1.54) is 11.9 Å². The third-order valence-corrected chi connectivity index (χ3v) is 2.89. The third kappa shape index (κ3) is 5.27. The van der Waals surface area contributed by atoms with Gasteiger partial charge in [-0.25, -0.2) is 4.79 Å². The summed E-state index contributed by atoms with van der Waals surface area (Å²) in [6, 6.07) is 6.46. The summed E-state index contributed by atoms with van der Waals surface area (Å²) >= 11 is 5.97. The molecule has 0 aliphatic carbocycles. The number of amides is 3. The molecule has 0 heterocycles. The van der Waals surface area contributed by atoms with Crippen LogP contribution in [0.5, 0.6) is 0 Å². The van der Waals surface area contributed by atoms with Crippen LogP contribution in [-0.2, 0) is 16.1 Å². The normalized spacial score (nSPS) is 9.90. The molecule has 2 N–H and O–H groups in total. The minimum atomic E-state index is -1.09. The number of carboxylic acids is 1. The maximum Gasteiger partial charge on any atom is 0.324 e. The predicted octanol–water partition coefficient (Wildman–Crippen LogP) is 1.87. The number of rotatable bonds is 5. The predicted molar refractivity (Wildman–Crippen MR) is 73.3 cm³/mol. The van der Waals surface area contributed by atoms with Crippen molar-refractivity contribution < 1.29 is 19.5 Å². The Morgan fingerprint density at radius 1 is 1.25 bits per heavy atom. The van der Waals surface area contributed by atoms with Gasteiger partial charge >= 0.3 is 12.0 Å². The molecule has 1 aromatic carbocycles. The molecule has 20 heavy (non-hydrogen) atoms. The molecular formula is C13H15ClN2O4. The fourth-order valence-corrected chi connectivity index (χ4v) is 1.65. The number of carboxylic acid groups (broad SMARTS) is 1. The van der Waals surface area contributed by atoms with Gasteiger partial charge in [0.2, 0.25) is 5.91 Å². The number of imide groups is 1. The lowest BCUT2D eigenvalue weighted by molar-refractivity contribution is -0.138. The first-order valence-corrected chi connectivity index (χ1v) is 6.28. The number of carbonyl (C=O) groups excluding carboxylic acids is 2. The van der Waals surface area contributed by atoms with Gasteiger partial charge in [-0.05, 0) is 11.6 Å². The van der Waals surface area contributed by atoms with Crippen LogP contribution in [0.1, 0.15) is 18.4 Å². The van der Waals surface area contributed by atoms with E-state index < -0.39 is 17.9 Å². The Morgan fingerprint density at radius 3 is 2.50 bits per heavy atom. The minimum absolute atomic E-state index is 0.235. The molecule has 0 bridgehead atoms. The van der Waals surface area contributed by atoms with Crippen molar-refractivity contribution in [1.82, 2.24) is 10.2 Å². The summed E-state index contributed by atoms with van der Waals surface area (Å²) in [5, 5.41) is 11.1. The SMILES string of the molecule is CN(Cc1ccccc1Cl)C(=O)NC(=O)CCC(=O)O. The Kier molecular flexibility index (Phi) is 5.99. The third-order valence-electron chi connectivity index (χ3n) is 2.52. The van der Waals surface area contributed by atoms with Gasteiger partial charge in [0, 0.05) is 25.0 Å². The number of aliphatic carboxylic acids is 1. The van der Waals surface area contributed by atoms with Gasteiger partial charge in [-0.1, -0.05) is 29.8 Å². The van der Waals surface area contributed by atoms with Crippen LogP contribution < -0.4 is 5.32 Å². The Bertz CT molecular complexity index is 519. The van der Waals surface area contributed by atoms with E-state index in [1.807, 2.05) is 0 Å². The van der Waals surface area contributed by atoms with Gasteiger partial charge in [0.05, 0.1) is 6.42 Å². The zero-order valence-corrected chi connectivity index (χ0v) is 11.7. The number of hydrogen-bond acceptors (Lipinski definition) is 3. The summed E-state index contributed by atoms with van der Waals surface area (Å²) in [5.74, 6) is -1.71. The van der Waals surface area contributed by atoms with Crippen molar-refractivity contribution in [3.63, 3.8) is 0 Å². The summed E-state index contributed by atoms with van der Waals surface area (Å²) in [4.78, 5) is 34.7. The molecule has 0 fully saturated rings. The molecule has 0 saturated heterocycles. The van der Waals surface area contributed by atoms with Gasteiger partial charge in [-0.15, -0.1) is 0 Å². The summed E-state index contributed by atoms with van der Waals surface area (Å²) in [6.07, 6.45) is -0.547. The number of nitrogens with one attached hydrogen (secondary N) is 1. The lowest BCUT2D eigenvalue weighted by Crippen LogP contribution is -2.40. The van der Waals surface area contributed by atoms with Crippen LogP contribution >= 0.6 is 11.6 Å². The van der Waals surface area contributed by atoms with E-state index in [0.717, 1.165) is 5.56 Å². The smallest absolute Gasteiger partial charge is 0.324 e. The van der Waals surface area contributed by atoms with Crippen molar-refractivity contribution in [2.75, 3.05) is 7.05 Å². The van der Waals surface area contributed by atoms with Gasteiger partial charge in [-0.2, -0.15) is 0 Å². The Morgan fingerprint density at radius 2 is 1.90 bits per heavy atom. The van der Waals surface area contributed by atoms with Crippen LogP contribution in [0.25, 0.3) is 0 Å². The van der Waals surface area contributed by atoms with Gasteiger partial charge in [0.25, 0.3) is 0 Å². The van der Waals surface area contributed by atoms with E-state index in [9.17, 15) is 14.4 Å². The largest absolute Gasteiger partial charge is 0.481 e. The van der Waals surface area contributed by atoms with Gasteiger partial charge in [0.1, 0.15) is 0 Å². The number of halogens is 1. The maximum atomic E-state index is 11.7. The van der Waals surface area contributed by atoms with E-state index in [0.29, 0.717) is 5.02 Å². The summed E-state index contributed by atoms with van der Waals surface area (Å²) < 4.78 is 0. The summed E-state index contributed by atoms with van der Waals surface area (Å²) in [5.41, 5.74) is 0.754. The molecule has 0 aliphatic rings. The first-order chi connectivity index (χ1) is 9.40. The zero-order valence-electron chi connectivity index (χ0n) is 10.9. The van der Waals surface area contributed by atoms with E-state index >= 15 is 0 Å². The molecule has 0 unspecified atom stereocenters. The monoisotopic (exact) mass is 298 g/mol. The second-order valence-corrected chi connectivity index (χ2v) is 4.60. The van der Waals surface area contributed by atoms with Crippen LogP contribution in [0.4, 0.5) is 4.79 Å². The molecule has 0 spiro atoms. The number of hydrogen-bond donors (Lipinski definition) is 2. The number of urea groups is 1. The Balaban J connectivity index is 2.49. The van der Waals surface area contributed by atoms with Gasteiger partial charge in [0.15, 0.2) is 0 Å². The molecule has 3 amide bonds. The van der Waals surface area contributed by atoms with Crippen LogP contribution in [0.2, 0.25) is 5.02 Å². The molecule has 0 saturated carbocycles. The highest BCUT2D eigenvalue weighted by molar-refractivity contribution is 6.31.